The topological polar surface area (TPSA) is 75.2 Å². The number of aryl methyl sites for hydroxylation is 2. The van der Waals surface area contributed by atoms with Crippen LogP contribution in [0.2, 0.25) is 0 Å². The second-order valence-corrected chi connectivity index (χ2v) is 5.71. The normalized spacial score (nSPS) is 11.7. The maximum absolute atomic E-state index is 11.9. The first-order valence-electron chi connectivity index (χ1n) is 8.03. The molecule has 3 N–H and O–H groups in total. The van der Waals surface area contributed by atoms with Crippen LogP contribution in [0, 0.1) is 13.8 Å². The molecule has 3 amide bonds. The lowest BCUT2D eigenvalue weighted by Gasteiger charge is -2.16. The Bertz CT molecular complexity index is 700. The van der Waals surface area contributed by atoms with Crippen LogP contribution in [0.4, 0.5) is 10.5 Å². The molecule has 6 heteroatoms. The average Bonchev–Trinajstić information content (AvgIpc) is 2.87. The Kier molecular flexibility index (Phi) is 5.63. The Morgan fingerprint density at radius 3 is 2.17 bits per heavy atom. The summed E-state index contributed by atoms with van der Waals surface area (Å²) in [5, 5.41) is 7.91. The Morgan fingerprint density at radius 1 is 1.04 bits per heavy atom. The van der Waals surface area contributed by atoms with Crippen molar-refractivity contribution in [3.8, 4) is 5.69 Å². The van der Waals surface area contributed by atoms with Gasteiger partial charge >= 0.3 is 6.03 Å². The summed E-state index contributed by atoms with van der Waals surface area (Å²) in [6, 6.07) is 11.0. The minimum absolute atomic E-state index is 0.373. The number of hydrogen-bond acceptors (Lipinski definition) is 3. The number of carbonyl (C=O) groups excluding carboxylic acids is 2. The highest BCUT2D eigenvalue weighted by molar-refractivity contribution is 5.97. The molecular weight excluding hydrogens is 304 g/mol. The zero-order chi connectivity index (χ0) is 17.7. The van der Waals surface area contributed by atoms with E-state index in [4.69, 9.17) is 0 Å². The van der Waals surface area contributed by atoms with Gasteiger partial charge in [0.05, 0.1) is 0 Å². The fraction of sp³-hybridized carbons (Fsp3) is 0.333. The van der Waals surface area contributed by atoms with Crippen LogP contribution in [0.3, 0.4) is 0 Å². The minimum atomic E-state index is -0.520. The van der Waals surface area contributed by atoms with E-state index in [-0.39, 0.29) is 5.91 Å². The van der Waals surface area contributed by atoms with Gasteiger partial charge in [-0.05, 0) is 64.1 Å². The monoisotopic (exact) mass is 328 g/mol. The van der Waals surface area contributed by atoms with Gasteiger partial charge < -0.3 is 15.2 Å². The molecule has 0 fully saturated rings. The summed E-state index contributed by atoms with van der Waals surface area (Å²) in [7, 11) is 0. The highest BCUT2D eigenvalue weighted by atomic mass is 16.2. The molecule has 1 aromatic heterocycles. The number of rotatable bonds is 5. The molecular formula is C18H24N4O2. The predicted molar refractivity (Wildman–Crippen MR) is 95.5 cm³/mol. The predicted octanol–water partition coefficient (Wildman–Crippen LogP) is 2.74. The van der Waals surface area contributed by atoms with Crippen molar-refractivity contribution in [3.05, 3.63) is 47.8 Å². The maximum Gasteiger partial charge on any atom is 0.321 e. The molecule has 0 saturated heterocycles. The number of benzene rings is 1. The first kappa shape index (κ1) is 17.6. The fourth-order valence-electron chi connectivity index (χ4n) is 2.52. The number of imide groups is 1. The summed E-state index contributed by atoms with van der Waals surface area (Å²) in [6.45, 7) is 8.10. The van der Waals surface area contributed by atoms with Crippen LogP contribution < -0.4 is 16.0 Å². The quantitative estimate of drug-likeness (QED) is 0.790. The van der Waals surface area contributed by atoms with Crippen molar-refractivity contribution in [1.29, 1.82) is 0 Å². The molecule has 0 aliphatic rings. The molecule has 0 aliphatic heterocycles. The molecule has 0 radical (unpaired) electrons. The average molecular weight is 328 g/mol. The van der Waals surface area contributed by atoms with Crippen LogP contribution in [-0.4, -0.2) is 29.1 Å². The number of carbonyl (C=O) groups is 2. The van der Waals surface area contributed by atoms with E-state index in [1.54, 1.807) is 13.8 Å². The number of amides is 3. The Labute approximate surface area is 142 Å². The molecule has 1 heterocycles. The van der Waals surface area contributed by atoms with Gasteiger partial charge in [0.1, 0.15) is 6.04 Å². The molecule has 24 heavy (non-hydrogen) atoms. The van der Waals surface area contributed by atoms with Gasteiger partial charge in [-0.2, -0.15) is 0 Å². The Morgan fingerprint density at radius 2 is 1.62 bits per heavy atom. The molecule has 1 atom stereocenters. The third-order valence-electron chi connectivity index (χ3n) is 3.75. The van der Waals surface area contributed by atoms with Crippen molar-refractivity contribution in [2.75, 3.05) is 11.9 Å². The molecule has 6 nitrogen and oxygen atoms in total. The lowest BCUT2D eigenvalue weighted by Crippen LogP contribution is -2.45. The summed E-state index contributed by atoms with van der Waals surface area (Å²) < 4.78 is 2.16. The van der Waals surface area contributed by atoms with Crippen LogP contribution in [0.25, 0.3) is 5.69 Å². The van der Waals surface area contributed by atoms with E-state index in [0.717, 1.165) is 11.4 Å². The largest absolute Gasteiger partial charge is 0.374 e. The van der Waals surface area contributed by atoms with E-state index >= 15 is 0 Å². The van der Waals surface area contributed by atoms with Crippen molar-refractivity contribution in [2.24, 2.45) is 0 Å². The van der Waals surface area contributed by atoms with Crippen molar-refractivity contribution in [2.45, 2.75) is 33.7 Å². The van der Waals surface area contributed by atoms with Crippen LogP contribution in [0.5, 0.6) is 0 Å². The van der Waals surface area contributed by atoms with Crippen LogP contribution in [-0.2, 0) is 4.79 Å². The first-order valence-corrected chi connectivity index (χ1v) is 8.03. The molecule has 0 bridgehead atoms. The zero-order valence-electron chi connectivity index (χ0n) is 14.5. The SMILES string of the molecule is CCNC(=O)NC(=O)[C@@H](C)Nc1ccc(-n2c(C)ccc2C)cc1. The minimum Gasteiger partial charge on any atom is -0.374 e. The van der Waals surface area contributed by atoms with E-state index in [9.17, 15) is 9.59 Å². The van der Waals surface area contributed by atoms with E-state index in [2.05, 4.69) is 46.5 Å². The molecule has 0 unspecified atom stereocenters. The first-order chi connectivity index (χ1) is 11.4. The van der Waals surface area contributed by atoms with Gasteiger partial charge in [0.2, 0.25) is 5.91 Å². The molecule has 0 spiro atoms. The second kappa shape index (κ2) is 7.68. The van der Waals surface area contributed by atoms with E-state index in [1.807, 2.05) is 24.3 Å². The highest BCUT2D eigenvalue weighted by Gasteiger charge is 2.15. The molecule has 0 aliphatic carbocycles. The second-order valence-electron chi connectivity index (χ2n) is 5.71. The third kappa shape index (κ3) is 4.16. The summed E-state index contributed by atoms with van der Waals surface area (Å²) in [6.07, 6.45) is 0. The number of hydrogen-bond donors (Lipinski definition) is 3. The zero-order valence-corrected chi connectivity index (χ0v) is 14.5. The number of urea groups is 1. The fourth-order valence-corrected chi connectivity index (χ4v) is 2.52. The van der Waals surface area contributed by atoms with Crippen molar-refractivity contribution in [3.63, 3.8) is 0 Å². The van der Waals surface area contributed by atoms with Crippen molar-refractivity contribution >= 4 is 17.6 Å². The van der Waals surface area contributed by atoms with Gasteiger partial charge in [0.15, 0.2) is 0 Å². The van der Waals surface area contributed by atoms with Gasteiger partial charge in [-0.3, -0.25) is 10.1 Å². The molecule has 1 aromatic carbocycles. The molecule has 128 valence electrons. The number of anilines is 1. The van der Waals surface area contributed by atoms with E-state index in [1.165, 1.54) is 11.4 Å². The van der Waals surface area contributed by atoms with Crippen LogP contribution in [0.1, 0.15) is 25.2 Å². The lowest BCUT2D eigenvalue weighted by molar-refractivity contribution is -0.120. The molecule has 2 rings (SSSR count). The van der Waals surface area contributed by atoms with Gasteiger partial charge in [-0.1, -0.05) is 0 Å². The van der Waals surface area contributed by atoms with Gasteiger partial charge in [-0.25, -0.2) is 4.79 Å². The highest BCUT2D eigenvalue weighted by Crippen LogP contribution is 2.19. The number of nitrogens with zero attached hydrogens (tertiary/aromatic N) is 1. The number of nitrogens with one attached hydrogen (secondary N) is 3. The van der Waals surface area contributed by atoms with Gasteiger partial charge in [-0.15, -0.1) is 0 Å². The van der Waals surface area contributed by atoms with Gasteiger partial charge in [0.25, 0.3) is 0 Å². The summed E-state index contributed by atoms with van der Waals surface area (Å²) in [5.41, 5.74) is 4.23. The standard InChI is InChI=1S/C18H24N4O2/c1-5-19-18(24)21-17(23)14(4)20-15-8-10-16(11-9-15)22-12(2)6-7-13(22)3/h6-11,14,20H,5H2,1-4H3,(H2,19,21,23,24)/t14-/m1/s1. The van der Waals surface area contributed by atoms with Crippen molar-refractivity contribution < 1.29 is 9.59 Å². The van der Waals surface area contributed by atoms with Crippen molar-refractivity contribution in [1.82, 2.24) is 15.2 Å². The Balaban J connectivity index is 2.01. The van der Waals surface area contributed by atoms with Crippen LogP contribution >= 0.6 is 0 Å². The van der Waals surface area contributed by atoms with E-state index < -0.39 is 12.1 Å². The van der Waals surface area contributed by atoms with E-state index in [0.29, 0.717) is 6.54 Å². The number of aromatic nitrogens is 1. The molecule has 0 saturated carbocycles. The third-order valence-corrected chi connectivity index (χ3v) is 3.75. The smallest absolute Gasteiger partial charge is 0.321 e. The summed E-state index contributed by atoms with van der Waals surface area (Å²) >= 11 is 0. The van der Waals surface area contributed by atoms with Gasteiger partial charge in [0, 0.05) is 29.3 Å². The molecule has 2 aromatic rings. The Hall–Kier alpha value is -2.76. The summed E-state index contributed by atoms with van der Waals surface area (Å²) in [5.74, 6) is -0.373. The maximum atomic E-state index is 11.9. The van der Waals surface area contributed by atoms with Crippen LogP contribution in [0.15, 0.2) is 36.4 Å². The summed E-state index contributed by atoms with van der Waals surface area (Å²) in [4.78, 5) is 23.3. The lowest BCUT2D eigenvalue weighted by atomic mass is 10.2.